The Balaban J connectivity index is 2.29. The molecule has 0 spiro atoms. The molecule has 0 radical (unpaired) electrons. The second-order valence-electron chi connectivity index (χ2n) is 6.50. The Morgan fingerprint density at radius 1 is 1.20 bits per heavy atom. The van der Waals surface area contributed by atoms with E-state index in [2.05, 4.69) is 57.3 Å². The highest BCUT2D eigenvalue weighted by atomic mass is 28.3. The molecule has 20 heavy (non-hydrogen) atoms. The van der Waals surface area contributed by atoms with Gasteiger partial charge >= 0.3 is 5.97 Å². The molecular formula is C17H26O2Si. The molecule has 110 valence electrons. The first-order valence-corrected chi connectivity index (χ1v) is 10.8. The van der Waals surface area contributed by atoms with Gasteiger partial charge in [0, 0.05) is 5.54 Å². The highest BCUT2D eigenvalue weighted by Crippen LogP contribution is 2.43. The quantitative estimate of drug-likeness (QED) is 0.610. The fourth-order valence-corrected chi connectivity index (χ4v) is 7.68. The number of hydrogen-bond donors (Lipinski definition) is 0. The van der Waals surface area contributed by atoms with E-state index in [9.17, 15) is 4.79 Å². The van der Waals surface area contributed by atoms with Crippen LogP contribution in [-0.2, 0) is 9.53 Å². The van der Waals surface area contributed by atoms with E-state index in [0.717, 1.165) is 19.3 Å². The number of cyclic esters (lactones) is 1. The maximum atomic E-state index is 12.2. The van der Waals surface area contributed by atoms with E-state index in [1.165, 1.54) is 5.19 Å². The molecule has 0 bridgehead atoms. The third-order valence-corrected chi connectivity index (χ3v) is 9.12. The van der Waals surface area contributed by atoms with Gasteiger partial charge in [-0.25, -0.2) is 0 Å². The Morgan fingerprint density at radius 3 is 2.45 bits per heavy atom. The van der Waals surface area contributed by atoms with Crippen molar-refractivity contribution in [1.82, 2.24) is 0 Å². The van der Waals surface area contributed by atoms with Crippen molar-refractivity contribution in [3.63, 3.8) is 0 Å². The molecule has 0 N–H and O–H groups in total. The predicted molar refractivity (Wildman–Crippen MR) is 85.9 cm³/mol. The zero-order chi connectivity index (χ0) is 14.8. The first-order chi connectivity index (χ1) is 9.48. The van der Waals surface area contributed by atoms with E-state index >= 15 is 0 Å². The maximum absolute atomic E-state index is 12.2. The maximum Gasteiger partial charge on any atom is 0.309 e. The average molecular weight is 290 g/mol. The van der Waals surface area contributed by atoms with E-state index in [-0.39, 0.29) is 18.0 Å². The summed E-state index contributed by atoms with van der Waals surface area (Å²) in [6.07, 6.45) is 3.29. The molecule has 1 saturated heterocycles. The van der Waals surface area contributed by atoms with Gasteiger partial charge in [-0.1, -0.05) is 68.4 Å². The molecule has 2 rings (SSSR count). The molecule has 0 saturated carbocycles. The molecule has 1 fully saturated rings. The average Bonchev–Trinajstić information content (AvgIpc) is 2.72. The molecule has 0 aliphatic carbocycles. The predicted octanol–water partition coefficient (Wildman–Crippen LogP) is 3.72. The Hall–Kier alpha value is -1.09. The Labute approximate surface area is 123 Å². The zero-order valence-corrected chi connectivity index (χ0v) is 14.1. The van der Waals surface area contributed by atoms with Crippen molar-refractivity contribution in [2.45, 2.75) is 57.8 Å². The number of ether oxygens (including phenoxy) is 1. The van der Waals surface area contributed by atoms with Gasteiger partial charge in [0.15, 0.2) is 0 Å². The second-order valence-corrected chi connectivity index (χ2v) is 11.2. The van der Waals surface area contributed by atoms with Crippen molar-refractivity contribution in [1.29, 1.82) is 0 Å². The van der Waals surface area contributed by atoms with Crippen molar-refractivity contribution in [2.24, 2.45) is 5.92 Å². The number of carbonyl (C=O) groups excluding carboxylic acids is 1. The Bertz CT molecular complexity index is 455. The van der Waals surface area contributed by atoms with Crippen molar-refractivity contribution >= 4 is 19.2 Å². The van der Waals surface area contributed by atoms with Crippen LogP contribution in [0.4, 0.5) is 0 Å². The molecule has 1 aliphatic rings. The summed E-state index contributed by atoms with van der Waals surface area (Å²) in [6.45, 7) is 9.01. The van der Waals surface area contributed by atoms with Crippen molar-refractivity contribution in [2.75, 3.05) is 0 Å². The summed E-state index contributed by atoms with van der Waals surface area (Å²) in [5, 5.41) is 1.43. The van der Waals surface area contributed by atoms with Gasteiger partial charge < -0.3 is 4.74 Å². The Kier molecular flexibility index (Phi) is 4.69. The fourth-order valence-electron chi connectivity index (χ4n) is 3.69. The highest BCUT2D eigenvalue weighted by molar-refractivity contribution is 6.91. The summed E-state index contributed by atoms with van der Waals surface area (Å²) < 4.78 is 5.59. The van der Waals surface area contributed by atoms with Gasteiger partial charge in [-0.15, -0.1) is 0 Å². The molecule has 0 amide bonds. The van der Waals surface area contributed by atoms with Crippen LogP contribution in [0.25, 0.3) is 0 Å². The van der Waals surface area contributed by atoms with E-state index in [1.54, 1.807) is 0 Å². The number of benzene rings is 1. The van der Waals surface area contributed by atoms with Crippen LogP contribution < -0.4 is 5.19 Å². The van der Waals surface area contributed by atoms with Crippen molar-refractivity contribution < 1.29 is 9.53 Å². The second kappa shape index (κ2) is 6.13. The number of rotatable bonds is 5. The monoisotopic (exact) mass is 290 g/mol. The van der Waals surface area contributed by atoms with Gasteiger partial charge in [0.25, 0.3) is 0 Å². The lowest BCUT2D eigenvalue weighted by Gasteiger charge is -2.34. The molecule has 1 aromatic carbocycles. The first kappa shape index (κ1) is 15.3. The molecule has 0 aromatic heterocycles. The number of hydrogen-bond acceptors (Lipinski definition) is 2. The molecule has 1 aliphatic heterocycles. The molecule has 1 aromatic rings. The van der Waals surface area contributed by atoms with Crippen LogP contribution in [0.2, 0.25) is 18.6 Å². The normalized spacial score (nSPS) is 26.6. The summed E-state index contributed by atoms with van der Waals surface area (Å²) in [5.74, 6) is 0.138. The van der Waals surface area contributed by atoms with Crippen LogP contribution >= 0.6 is 0 Å². The fraction of sp³-hybridized carbons (Fsp3) is 0.588. The first-order valence-electron chi connectivity index (χ1n) is 7.74. The Morgan fingerprint density at radius 2 is 1.85 bits per heavy atom. The van der Waals surface area contributed by atoms with Crippen LogP contribution in [0.15, 0.2) is 30.3 Å². The molecule has 2 nitrogen and oxygen atoms in total. The lowest BCUT2D eigenvalue weighted by molar-refractivity contribution is -0.143. The third kappa shape index (κ3) is 2.83. The lowest BCUT2D eigenvalue weighted by Crippen LogP contribution is -2.50. The van der Waals surface area contributed by atoms with E-state index < -0.39 is 8.07 Å². The summed E-state index contributed by atoms with van der Waals surface area (Å²) >= 11 is 0. The largest absolute Gasteiger partial charge is 0.462 e. The summed E-state index contributed by atoms with van der Waals surface area (Å²) in [4.78, 5) is 12.2. The van der Waals surface area contributed by atoms with Gasteiger partial charge in [-0.3, -0.25) is 4.79 Å². The minimum absolute atomic E-state index is 0.0347. The summed E-state index contributed by atoms with van der Waals surface area (Å²) in [5.41, 5.74) is 0.393. The van der Waals surface area contributed by atoms with Crippen molar-refractivity contribution in [3.05, 3.63) is 30.3 Å². The van der Waals surface area contributed by atoms with Gasteiger partial charge in [0.2, 0.25) is 0 Å². The van der Waals surface area contributed by atoms with Crippen molar-refractivity contribution in [3.8, 4) is 0 Å². The van der Waals surface area contributed by atoms with Crippen LogP contribution in [0.3, 0.4) is 0 Å². The molecule has 3 heteroatoms. The van der Waals surface area contributed by atoms with Gasteiger partial charge in [-0.2, -0.15) is 0 Å². The minimum atomic E-state index is -1.71. The van der Waals surface area contributed by atoms with Gasteiger partial charge in [0.1, 0.15) is 6.10 Å². The lowest BCUT2D eigenvalue weighted by atomic mass is 9.98. The highest BCUT2D eigenvalue weighted by Gasteiger charge is 2.50. The van der Waals surface area contributed by atoms with Crippen LogP contribution in [-0.4, -0.2) is 20.1 Å². The topological polar surface area (TPSA) is 26.3 Å². The van der Waals surface area contributed by atoms with Crippen LogP contribution in [0.1, 0.15) is 33.1 Å². The summed E-state index contributed by atoms with van der Waals surface area (Å²) in [7, 11) is -1.71. The molecule has 1 heterocycles. The molecule has 1 unspecified atom stereocenters. The number of unbranched alkanes of at least 4 members (excludes halogenated alkanes) is 1. The SMILES string of the molecule is CCCCC1C(=O)O[C@@H](C)[C@@H]1[Si](C)(C)c1ccccc1. The van der Waals surface area contributed by atoms with E-state index in [0.29, 0.717) is 5.54 Å². The standard InChI is InChI=1S/C17H26O2Si/c1-5-6-12-15-16(13(2)19-17(15)18)20(3,4)14-10-8-7-9-11-14/h7-11,13,15-16H,5-6,12H2,1-4H3/t13-,15?,16-/m0/s1. The third-order valence-electron chi connectivity index (χ3n) is 4.76. The van der Waals surface area contributed by atoms with Crippen LogP contribution in [0, 0.1) is 5.92 Å². The minimum Gasteiger partial charge on any atom is -0.462 e. The van der Waals surface area contributed by atoms with E-state index in [1.807, 2.05) is 0 Å². The van der Waals surface area contributed by atoms with E-state index in [4.69, 9.17) is 4.74 Å². The van der Waals surface area contributed by atoms with Gasteiger partial charge in [-0.05, 0) is 13.3 Å². The van der Waals surface area contributed by atoms with Gasteiger partial charge in [0.05, 0.1) is 14.0 Å². The zero-order valence-electron chi connectivity index (χ0n) is 13.1. The number of esters is 1. The molecule has 3 atom stereocenters. The summed E-state index contributed by atoms with van der Waals surface area (Å²) in [6, 6.07) is 10.7. The smallest absolute Gasteiger partial charge is 0.309 e. The van der Waals surface area contributed by atoms with Crippen LogP contribution in [0.5, 0.6) is 0 Å². The molecular weight excluding hydrogens is 264 g/mol. The number of carbonyl (C=O) groups is 1.